The summed E-state index contributed by atoms with van der Waals surface area (Å²) in [5.74, 6) is -0.616. The minimum Gasteiger partial charge on any atom is -0.462 e. The third-order valence-electron chi connectivity index (χ3n) is 3.93. The first-order valence-electron chi connectivity index (χ1n) is 7.88. The zero-order chi connectivity index (χ0) is 16.2. The molecule has 0 unspecified atom stereocenters. The maximum absolute atomic E-state index is 12.3. The summed E-state index contributed by atoms with van der Waals surface area (Å²) in [4.78, 5) is 27.3. The van der Waals surface area contributed by atoms with Crippen LogP contribution in [0, 0.1) is 0 Å². The van der Waals surface area contributed by atoms with Gasteiger partial charge in [-0.05, 0) is 25.8 Å². The van der Waals surface area contributed by atoms with Gasteiger partial charge in [0, 0.05) is 18.5 Å². The van der Waals surface area contributed by atoms with Crippen LogP contribution in [0.2, 0.25) is 0 Å². The van der Waals surface area contributed by atoms with Crippen molar-refractivity contribution in [1.82, 2.24) is 4.98 Å². The van der Waals surface area contributed by atoms with Gasteiger partial charge in [0.05, 0.1) is 23.9 Å². The van der Waals surface area contributed by atoms with Gasteiger partial charge in [-0.15, -0.1) is 0 Å². The lowest BCUT2D eigenvalue weighted by Crippen LogP contribution is -2.26. The van der Waals surface area contributed by atoms with E-state index >= 15 is 0 Å². The van der Waals surface area contributed by atoms with E-state index in [2.05, 4.69) is 10.3 Å². The fourth-order valence-electron chi connectivity index (χ4n) is 2.85. The maximum Gasteiger partial charge on any atom is 0.345 e. The van der Waals surface area contributed by atoms with E-state index in [1.807, 2.05) is 24.3 Å². The average molecular weight is 316 g/mol. The molecule has 0 radical (unpaired) electrons. The molecule has 2 heterocycles. The summed E-state index contributed by atoms with van der Waals surface area (Å²) in [6, 6.07) is 7.38. The molecule has 1 aromatic heterocycles. The number of aromatic amines is 1. The summed E-state index contributed by atoms with van der Waals surface area (Å²) < 4.78 is 10.6. The van der Waals surface area contributed by atoms with Crippen LogP contribution in [0.5, 0.6) is 0 Å². The molecule has 0 aliphatic carbocycles. The summed E-state index contributed by atoms with van der Waals surface area (Å²) in [6.07, 6.45) is 2.11. The van der Waals surface area contributed by atoms with E-state index < -0.39 is 11.5 Å². The molecule has 2 N–H and O–H groups in total. The number of H-pyrrole nitrogens is 1. The second kappa shape index (κ2) is 6.83. The van der Waals surface area contributed by atoms with E-state index in [9.17, 15) is 9.59 Å². The van der Waals surface area contributed by atoms with Gasteiger partial charge in [-0.2, -0.15) is 0 Å². The molecule has 1 aliphatic rings. The molecule has 1 saturated heterocycles. The molecule has 122 valence electrons. The van der Waals surface area contributed by atoms with Gasteiger partial charge in [0.15, 0.2) is 0 Å². The first kappa shape index (κ1) is 15.6. The van der Waals surface area contributed by atoms with Crippen molar-refractivity contribution in [2.45, 2.75) is 25.9 Å². The number of nitrogens with one attached hydrogen (secondary N) is 2. The molecule has 0 spiro atoms. The summed E-state index contributed by atoms with van der Waals surface area (Å²) >= 11 is 0. The Morgan fingerprint density at radius 1 is 1.43 bits per heavy atom. The van der Waals surface area contributed by atoms with Crippen LogP contribution in [0.4, 0.5) is 5.69 Å². The smallest absolute Gasteiger partial charge is 0.345 e. The number of carbonyl (C=O) groups excluding carboxylic acids is 1. The zero-order valence-corrected chi connectivity index (χ0v) is 13.1. The fraction of sp³-hybridized carbons (Fsp3) is 0.412. The zero-order valence-electron chi connectivity index (χ0n) is 13.1. The standard InChI is InChI=1S/C17H20N2O4/c1-2-22-17(21)14-15(18-10-11-6-5-9-23-11)12-7-3-4-8-13(12)19-16(14)20/h3-4,7-8,11H,2,5-6,9-10H2,1H3,(H2,18,19,20)/t11-/m1/s1. The van der Waals surface area contributed by atoms with Gasteiger partial charge < -0.3 is 19.8 Å². The monoisotopic (exact) mass is 316 g/mol. The largest absolute Gasteiger partial charge is 0.462 e. The predicted molar refractivity (Wildman–Crippen MR) is 88.0 cm³/mol. The minimum atomic E-state index is -0.616. The van der Waals surface area contributed by atoms with Gasteiger partial charge in [0.25, 0.3) is 5.56 Å². The van der Waals surface area contributed by atoms with Gasteiger partial charge in [-0.3, -0.25) is 4.79 Å². The fourth-order valence-corrected chi connectivity index (χ4v) is 2.85. The van der Waals surface area contributed by atoms with E-state index in [4.69, 9.17) is 9.47 Å². The van der Waals surface area contributed by atoms with E-state index in [1.54, 1.807) is 6.92 Å². The Balaban J connectivity index is 2.03. The molecule has 23 heavy (non-hydrogen) atoms. The molecular formula is C17H20N2O4. The normalized spacial score (nSPS) is 17.3. The SMILES string of the molecule is CCOC(=O)c1c(NC[C@H]2CCCO2)c2ccccc2[nH]c1=O. The molecule has 1 atom stereocenters. The second-order valence-corrected chi connectivity index (χ2v) is 5.49. The summed E-state index contributed by atoms with van der Waals surface area (Å²) in [5, 5.41) is 4.02. The molecular weight excluding hydrogens is 296 g/mol. The highest BCUT2D eigenvalue weighted by Crippen LogP contribution is 2.25. The highest BCUT2D eigenvalue weighted by molar-refractivity contribution is 6.04. The lowest BCUT2D eigenvalue weighted by molar-refractivity contribution is 0.0525. The van der Waals surface area contributed by atoms with Crippen molar-refractivity contribution in [3.05, 3.63) is 40.2 Å². The summed E-state index contributed by atoms with van der Waals surface area (Å²) in [7, 11) is 0. The van der Waals surface area contributed by atoms with E-state index in [-0.39, 0.29) is 18.3 Å². The van der Waals surface area contributed by atoms with Crippen LogP contribution in [0.1, 0.15) is 30.1 Å². The van der Waals surface area contributed by atoms with E-state index in [0.29, 0.717) is 17.7 Å². The number of pyridine rings is 1. The van der Waals surface area contributed by atoms with Crippen LogP contribution in [-0.2, 0) is 9.47 Å². The molecule has 6 heteroatoms. The number of carbonyl (C=O) groups is 1. The Hall–Kier alpha value is -2.34. The Morgan fingerprint density at radius 3 is 3.00 bits per heavy atom. The number of ether oxygens (including phenoxy) is 2. The number of anilines is 1. The number of benzene rings is 1. The quantitative estimate of drug-likeness (QED) is 0.827. The molecule has 1 fully saturated rings. The van der Waals surface area contributed by atoms with Crippen molar-refractivity contribution in [1.29, 1.82) is 0 Å². The Labute approximate surface area is 133 Å². The first-order valence-corrected chi connectivity index (χ1v) is 7.88. The van der Waals surface area contributed by atoms with E-state index in [0.717, 1.165) is 24.8 Å². The maximum atomic E-state index is 12.3. The Bertz CT molecular complexity index is 763. The third kappa shape index (κ3) is 3.22. The number of rotatable bonds is 5. The minimum absolute atomic E-state index is 0.0172. The molecule has 6 nitrogen and oxygen atoms in total. The van der Waals surface area contributed by atoms with Gasteiger partial charge in [0.2, 0.25) is 0 Å². The number of hydrogen-bond acceptors (Lipinski definition) is 5. The lowest BCUT2D eigenvalue weighted by atomic mass is 10.1. The number of esters is 1. The van der Waals surface area contributed by atoms with Crippen LogP contribution >= 0.6 is 0 Å². The van der Waals surface area contributed by atoms with Crippen molar-refractivity contribution in [3.8, 4) is 0 Å². The van der Waals surface area contributed by atoms with Crippen LogP contribution < -0.4 is 10.9 Å². The molecule has 0 amide bonds. The molecule has 1 aromatic carbocycles. The van der Waals surface area contributed by atoms with Crippen molar-refractivity contribution in [2.75, 3.05) is 25.1 Å². The topological polar surface area (TPSA) is 80.4 Å². The van der Waals surface area contributed by atoms with Gasteiger partial charge >= 0.3 is 5.97 Å². The van der Waals surface area contributed by atoms with Gasteiger partial charge in [-0.1, -0.05) is 18.2 Å². The molecule has 0 saturated carbocycles. The highest BCUT2D eigenvalue weighted by Gasteiger charge is 2.22. The van der Waals surface area contributed by atoms with Crippen molar-refractivity contribution in [3.63, 3.8) is 0 Å². The van der Waals surface area contributed by atoms with Crippen molar-refractivity contribution in [2.24, 2.45) is 0 Å². The number of para-hydroxylation sites is 1. The average Bonchev–Trinajstić information content (AvgIpc) is 3.05. The van der Waals surface area contributed by atoms with Crippen LogP contribution in [0.15, 0.2) is 29.1 Å². The highest BCUT2D eigenvalue weighted by atomic mass is 16.5. The van der Waals surface area contributed by atoms with Gasteiger partial charge in [-0.25, -0.2) is 4.79 Å². The number of fused-ring (bicyclic) bond motifs is 1. The Kier molecular flexibility index (Phi) is 4.62. The molecule has 1 aliphatic heterocycles. The van der Waals surface area contributed by atoms with E-state index in [1.165, 1.54) is 0 Å². The molecule has 2 aromatic rings. The Morgan fingerprint density at radius 2 is 2.26 bits per heavy atom. The predicted octanol–water partition coefficient (Wildman–Crippen LogP) is 2.30. The lowest BCUT2D eigenvalue weighted by Gasteiger charge is -2.16. The first-order chi connectivity index (χ1) is 11.2. The van der Waals surface area contributed by atoms with Gasteiger partial charge in [0.1, 0.15) is 5.56 Å². The number of aromatic nitrogens is 1. The second-order valence-electron chi connectivity index (χ2n) is 5.49. The molecule has 0 bridgehead atoms. The third-order valence-corrected chi connectivity index (χ3v) is 3.93. The summed E-state index contributed by atoms with van der Waals surface area (Å²) in [5.41, 5.74) is 0.763. The van der Waals surface area contributed by atoms with Crippen molar-refractivity contribution < 1.29 is 14.3 Å². The van der Waals surface area contributed by atoms with Crippen LogP contribution in [-0.4, -0.2) is 36.8 Å². The van der Waals surface area contributed by atoms with Crippen LogP contribution in [0.25, 0.3) is 10.9 Å². The molecule has 3 rings (SSSR count). The number of hydrogen-bond donors (Lipinski definition) is 2. The van der Waals surface area contributed by atoms with Crippen LogP contribution in [0.3, 0.4) is 0 Å². The summed E-state index contributed by atoms with van der Waals surface area (Å²) in [6.45, 7) is 3.25. The van der Waals surface area contributed by atoms with Crippen molar-refractivity contribution >= 4 is 22.6 Å².